The number of aliphatic hydroxyl groups excluding tert-OH is 4. The van der Waals surface area contributed by atoms with Crippen LogP contribution in [0.2, 0.25) is 0 Å². The van der Waals surface area contributed by atoms with Gasteiger partial charge in [0.2, 0.25) is 12.2 Å². The molecule has 8 nitrogen and oxygen atoms in total. The van der Waals surface area contributed by atoms with Gasteiger partial charge < -0.3 is 25.2 Å². The SMILES string of the molecule is O=C(Cc1ccc(CCCCc2ccccc2)cc1)NO[C@@H]1O[C@H](CO)[C@@H](O)[C@@H](O)[C@@H]1O. The number of rotatable bonds is 10. The minimum absolute atomic E-state index is 0.0612. The lowest BCUT2D eigenvalue weighted by molar-refractivity contribution is -0.313. The van der Waals surface area contributed by atoms with E-state index in [0.717, 1.165) is 31.2 Å². The number of nitrogens with one attached hydrogen (secondary N) is 1. The molecular weight excluding hydrogens is 414 g/mol. The van der Waals surface area contributed by atoms with E-state index in [0.29, 0.717) is 0 Å². The average Bonchev–Trinajstić information content (AvgIpc) is 2.81. The van der Waals surface area contributed by atoms with Gasteiger partial charge in [-0.05, 0) is 42.4 Å². The topological polar surface area (TPSA) is 128 Å². The van der Waals surface area contributed by atoms with E-state index in [1.165, 1.54) is 11.1 Å². The molecule has 1 saturated heterocycles. The molecule has 5 atom stereocenters. The number of hydrogen-bond donors (Lipinski definition) is 5. The van der Waals surface area contributed by atoms with E-state index in [4.69, 9.17) is 9.57 Å². The molecule has 0 saturated carbocycles. The molecule has 8 heteroatoms. The molecule has 1 aliphatic rings. The molecule has 0 aliphatic carbocycles. The Kier molecular flexibility index (Phi) is 9.16. The Balaban J connectivity index is 1.38. The highest BCUT2D eigenvalue weighted by Gasteiger charge is 2.44. The monoisotopic (exact) mass is 445 g/mol. The Labute approximate surface area is 187 Å². The Morgan fingerprint density at radius 2 is 1.44 bits per heavy atom. The standard InChI is InChI=1S/C24H31NO7/c26-15-19-21(28)22(29)23(30)24(31-19)32-25-20(27)14-18-12-10-17(11-13-18)9-5-4-8-16-6-2-1-3-7-16/h1-3,6-7,10-13,19,21-24,26,28-30H,4-5,8-9,14-15H2,(H,25,27)/t19-,21-,22-,23+,24+/m1/s1. The van der Waals surface area contributed by atoms with Crippen molar-refractivity contribution >= 4 is 5.91 Å². The van der Waals surface area contributed by atoms with Crippen molar-refractivity contribution in [2.75, 3.05) is 6.61 Å². The lowest BCUT2D eigenvalue weighted by Crippen LogP contribution is -2.60. The average molecular weight is 446 g/mol. The zero-order valence-corrected chi connectivity index (χ0v) is 17.8. The number of unbranched alkanes of at least 4 members (excludes halogenated alkanes) is 1. The van der Waals surface area contributed by atoms with Gasteiger partial charge in [0, 0.05) is 0 Å². The first-order valence-electron chi connectivity index (χ1n) is 10.8. The molecule has 174 valence electrons. The van der Waals surface area contributed by atoms with E-state index in [-0.39, 0.29) is 6.42 Å². The Morgan fingerprint density at radius 3 is 2.06 bits per heavy atom. The van der Waals surface area contributed by atoms with E-state index in [1.54, 1.807) is 0 Å². The highest BCUT2D eigenvalue weighted by molar-refractivity contribution is 5.77. The zero-order valence-electron chi connectivity index (χ0n) is 17.8. The molecule has 0 aromatic heterocycles. The molecule has 0 radical (unpaired) electrons. The number of hydroxylamine groups is 1. The summed E-state index contributed by atoms with van der Waals surface area (Å²) < 4.78 is 5.17. The molecule has 0 unspecified atom stereocenters. The molecule has 0 spiro atoms. The van der Waals surface area contributed by atoms with Crippen LogP contribution in [0.3, 0.4) is 0 Å². The van der Waals surface area contributed by atoms with Gasteiger partial charge in [-0.1, -0.05) is 54.6 Å². The van der Waals surface area contributed by atoms with Crippen LogP contribution in [-0.4, -0.2) is 63.6 Å². The van der Waals surface area contributed by atoms with Crippen molar-refractivity contribution in [1.82, 2.24) is 5.48 Å². The first-order valence-corrected chi connectivity index (χ1v) is 10.8. The van der Waals surface area contributed by atoms with Crippen molar-refractivity contribution in [2.24, 2.45) is 0 Å². The van der Waals surface area contributed by atoms with Gasteiger partial charge in [-0.15, -0.1) is 0 Å². The van der Waals surface area contributed by atoms with Crippen LogP contribution < -0.4 is 5.48 Å². The van der Waals surface area contributed by atoms with Crippen LogP contribution >= 0.6 is 0 Å². The summed E-state index contributed by atoms with van der Waals surface area (Å²) in [5.41, 5.74) is 5.54. The van der Waals surface area contributed by atoms with E-state index in [2.05, 4.69) is 29.7 Å². The molecule has 0 bridgehead atoms. The van der Waals surface area contributed by atoms with Gasteiger partial charge in [0.15, 0.2) is 0 Å². The van der Waals surface area contributed by atoms with Gasteiger partial charge >= 0.3 is 0 Å². The number of aryl methyl sites for hydroxylation is 2. The highest BCUT2D eigenvalue weighted by Crippen LogP contribution is 2.21. The maximum Gasteiger partial charge on any atom is 0.248 e. The quantitative estimate of drug-likeness (QED) is 0.268. The van der Waals surface area contributed by atoms with Gasteiger partial charge in [0.25, 0.3) is 0 Å². The van der Waals surface area contributed by atoms with Crippen molar-refractivity contribution in [3.05, 3.63) is 71.3 Å². The lowest BCUT2D eigenvalue weighted by Gasteiger charge is -2.39. The van der Waals surface area contributed by atoms with Crippen LogP contribution in [0.25, 0.3) is 0 Å². The van der Waals surface area contributed by atoms with Gasteiger partial charge in [0.1, 0.15) is 24.4 Å². The molecule has 2 aromatic rings. The molecule has 1 amide bonds. The summed E-state index contributed by atoms with van der Waals surface area (Å²) in [5.74, 6) is -0.461. The van der Waals surface area contributed by atoms with Crippen molar-refractivity contribution in [3.63, 3.8) is 0 Å². The summed E-state index contributed by atoms with van der Waals surface area (Å²) in [6.07, 6.45) is -2.84. The maximum absolute atomic E-state index is 12.2. The number of ether oxygens (including phenoxy) is 1. The number of benzene rings is 2. The molecule has 2 aromatic carbocycles. The zero-order chi connectivity index (χ0) is 22.9. The number of hydrogen-bond acceptors (Lipinski definition) is 7. The predicted molar refractivity (Wildman–Crippen MR) is 116 cm³/mol. The summed E-state index contributed by atoms with van der Waals surface area (Å²) >= 11 is 0. The highest BCUT2D eigenvalue weighted by atomic mass is 16.8. The number of amides is 1. The van der Waals surface area contributed by atoms with Crippen molar-refractivity contribution in [1.29, 1.82) is 0 Å². The van der Waals surface area contributed by atoms with Crippen LogP contribution in [0.4, 0.5) is 0 Å². The smallest absolute Gasteiger partial charge is 0.248 e. The number of carbonyl (C=O) groups is 1. The van der Waals surface area contributed by atoms with Crippen LogP contribution in [0.15, 0.2) is 54.6 Å². The molecule has 32 heavy (non-hydrogen) atoms. The van der Waals surface area contributed by atoms with Crippen molar-refractivity contribution in [3.8, 4) is 0 Å². The fraction of sp³-hybridized carbons (Fsp3) is 0.458. The maximum atomic E-state index is 12.2. The summed E-state index contributed by atoms with van der Waals surface area (Å²) in [6, 6.07) is 18.2. The summed E-state index contributed by atoms with van der Waals surface area (Å²) in [7, 11) is 0. The molecule has 1 aliphatic heterocycles. The first kappa shape index (κ1) is 24.3. The summed E-state index contributed by atoms with van der Waals surface area (Å²) in [4.78, 5) is 17.2. The third kappa shape index (κ3) is 6.83. The second-order valence-electron chi connectivity index (χ2n) is 8.03. The third-order valence-corrected chi connectivity index (χ3v) is 5.55. The molecule has 1 fully saturated rings. The summed E-state index contributed by atoms with van der Waals surface area (Å²) in [5, 5.41) is 38.6. The predicted octanol–water partition coefficient (Wildman–Crippen LogP) is 0.642. The number of aliphatic hydroxyl groups is 4. The lowest BCUT2D eigenvalue weighted by atomic mass is 9.99. The number of carbonyl (C=O) groups excluding carboxylic acids is 1. The minimum atomic E-state index is -1.57. The first-order chi connectivity index (χ1) is 15.5. The van der Waals surface area contributed by atoms with Crippen LogP contribution in [0.5, 0.6) is 0 Å². The van der Waals surface area contributed by atoms with Crippen LogP contribution in [0.1, 0.15) is 29.5 Å². The van der Waals surface area contributed by atoms with E-state index >= 15 is 0 Å². The van der Waals surface area contributed by atoms with Crippen LogP contribution in [-0.2, 0) is 33.6 Å². The third-order valence-electron chi connectivity index (χ3n) is 5.55. The Hall–Kier alpha value is -2.33. The molecule has 5 N–H and O–H groups in total. The Morgan fingerprint density at radius 1 is 0.844 bits per heavy atom. The van der Waals surface area contributed by atoms with Gasteiger partial charge in [0.05, 0.1) is 13.0 Å². The normalized spacial score (nSPS) is 25.4. The van der Waals surface area contributed by atoms with Gasteiger partial charge in [-0.2, -0.15) is 0 Å². The fourth-order valence-corrected chi connectivity index (χ4v) is 3.64. The summed E-state index contributed by atoms with van der Waals surface area (Å²) in [6.45, 7) is -0.572. The molecular formula is C24H31NO7. The van der Waals surface area contributed by atoms with Gasteiger partial charge in [-0.25, -0.2) is 10.3 Å². The Bertz CT molecular complexity index is 828. The fourth-order valence-electron chi connectivity index (χ4n) is 3.64. The second kappa shape index (κ2) is 12.1. The van der Waals surface area contributed by atoms with Crippen LogP contribution in [0, 0.1) is 0 Å². The van der Waals surface area contributed by atoms with Crippen molar-refractivity contribution < 1.29 is 34.8 Å². The van der Waals surface area contributed by atoms with Crippen molar-refractivity contribution in [2.45, 2.75) is 62.8 Å². The van der Waals surface area contributed by atoms with E-state index in [9.17, 15) is 25.2 Å². The second-order valence-corrected chi connectivity index (χ2v) is 8.03. The largest absolute Gasteiger partial charge is 0.394 e. The van der Waals surface area contributed by atoms with Gasteiger partial charge in [-0.3, -0.25) is 4.79 Å². The molecule has 1 heterocycles. The minimum Gasteiger partial charge on any atom is -0.394 e. The molecule has 3 rings (SSSR count). The van der Waals surface area contributed by atoms with E-state index in [1.807, 2.05) is 30.3 Å². The van der Waals surface area contributed by atoms with E-state index < -0.39 is 43.2 Å².